The summed E-state index contributed by atoms with van der Waals surface area (Å²) < 4.78 is 0. The van der Waals surface area contributed by atoms with Crippen LogP contribution in [-0.2, 0) is 9.59 Å². The largest absolute Gasteiger partial charge is 0.347 e. The molecule has 3 aliphatic rings. The normalized spacial score (nSPS) is 21.6. The van der Waals surface area contributed by atoms with E-state index < -0.39 is 0 Å². The van der Waals surface area contributed by atoms with E-state index in [-0.39, 0.29) is 29.1 Å². The number of aromatic amines is 1. The zero-order valence-corrected chi connectivity index (χ0v) is 25.6. The highest BCUT2D eigenvalue weighted by molar-refractivity contribution is 5.96. The first kappa shape index (κ1) is 30.4. The molecule has 2 aliphatic heterocycles. The van der Waals surface area contributed by atoms with E-state index in [1.54, 1.807) is 0 Å². The highest BCUT2D eigenvalue weighted by Gasteiger charge is 2.58. The molecule has 1 saturated heterocycles. The predicted molar refractivity (Wildman–Crippen MR) is 167 cm³/mol. The fourth-order valence-corrected chi connectivity index (χ4v) is 6.83. The number of rotatable bonds is 11. The molecule has 1 aromatic heterocycles. The Labute approximate surface area is 250 Å². The summed E-state index contributed by atoms with van der Waals surface area (Å²) in [7, 11) is 0. The molecule has 1 aliphatic carbocycles. The number of unbranched alkanes of at least 4 members (excludes halogenated alkanes) is 2. The molecule has 1 spiro atoms. The molecule has 2 N–H and O–H groups in total. The van der Waals surface area contributed by atoms with Crippen molar-refractivity contribution in [3.8, 4) is 11.4 Å². The van der Waals surface area contributed by atoms with Gasteiger partial charge in [0.15, 0.2) is 5.78 Å². The minimum absolute atomic E-state index is 0.0366. The molecule has 4 bridgehead atoms. The number of H-pyrrole nitrogens is 1. The summed E-state index contributed by atoms with van der Waals surface area (Å²) in [5, 5.41) is 3.40. The van der Waals surface area contributed by atoms with Gasteiger partial charge in [-0.3, -0.25) is 14.4 Å². The molecule has 42 heavy (non-hydrogen) atoms. The summed E-state index contributed by atoms with van der Waals surface area (Å²) in [5.74, 6) is 1.16. The number of piperidine rings is 1. The Bertz CT molecular complexity index is 1290. The smallest absolute Gasteiger partial charge is 0.224 e. The zero-order valence-electron chi connectivity index (χ0n) is 25.6. The Balaban J connectivity index is 1.39. The molecule has 7 heteroatoms. The Morgan fingerprint density at radius 2 is 1.98 bits per heavy atom. The van der Waals surface area contributed by atoms with Crippen LogP contribution in [0.3, 0.4) is 0 Å². The minimum atomic E-state index is -0.316. The second kappa shape index (κ2) is 13.9. The van der Waals surface area contributed by atoms with Crippen LogP contribution in [0.5, 0.6) is 0 Å². The lowest BCUT2D eigenvalue weighted by Gasteiger charge is -2.32. The number of Topliss-reactive ketones (excluding diaryl/α,β-unsaturated/α-hetero) is 2. The molecular formula is C35H48N4O3. The van der Waals surface area contributed by atoms with Crippen LogP contribution in [0.25, 0.3) is 17.5 Å². The van der Waals surface area contributed by atoms with Crippen molar-refractivity contribution >= 4 is 23.5 Å². The van der Waals surface area contributed by atoms with Gasteiger partial charge < -0.3 is 15.2 Å². The maximum atomic E-state index is 13.8. The third-order valence-corrected chi connectivity index (χ3v) is 9.80. The molecule has 7 nitrogen and oxygen atoms in total. The van der Waals surface area contributed by atoms with E-state index in [1.807, 2.05) is 19.1 Å². The van der Waals surface area contributed by atoms with Crippen molar-refractivity contribution in [3.63, 3.8) is 0 Å². The number of likely N-dealkylation sites (tertiary alicyclic amines) is 1. The standard InChI is InChI=1S/C35H48N4O3/c1-3-27(40)16-9-7-10-17-29(36-34(42)28-24-35(28)19-21-39(4-2)22-20-35)31-32-30(41)18-11-6-5-8-13-25-14-12-15-26(23-25)33(37-31)38-32/h8,12-15,23,28-29H,3-7,9-11,16-22,24H2,1-2H3,(H,36,42)(H,37,38)/b13-8+/t28-,29?/m1/s1. The van der Waals surface area contributed by atoms with Crippen LogP contribution in [0.1, 0.15) is 125 Å². The molecule has 226 valence electrons. The van der Waals surface area contributed by atoms with Crippen LogP contribution in [-0.4, -0.2) is 52.0 Å². The minimum Gasteiger partial charge on any atom is -0.347 e. The summed E-state index contributed by atoms with van der Waals surface area (Å²) in [5.41, 5.74) is 3.39. The maximum Gasteiger partial charge on any atom is 0.224 e. The van der Waals surface area contributed by atoms with Gasteiger partial charge >= 0.3 is 0 Å². The van der Waals surface area contributed by atoms with Gasteiger partial charge in [-0.25, -0.2) is 4.98 Å². The van der Waals surface area contributed by atoms with E-state index >= 15 is 0 Å². The van der Waals surface area contributed by atoms with E-state index in [2.05, 4.69) is 46.4 Å². The van der Waals surface area contributed by atoms with E-state index in [0.29, 0.717) is 43.0 Å². The number of imidazole rings is 1. The second-order valence-electron chi connectivity index (χ2n) is 12.7. The van der Waals surface area contributed by atoms with Crippen LogP contribution in [0.15, 0.2) is 30.3 Å². The van der Waals surface area contributed by atoms with Crippen molar-refractivity contribution in [3.05, 3.63) is 47.3 Å². The van der Waals surface area contributed by atoms with Gasteiger partial charge in [-0.05, 0) is 88.0 Å². The Morgan fingerprint density at radius 1 is 1.14 bits per heavy atom. The third kappa shape index (κ3) is 7.28. The molecule has 1 aromatic carbocycles. The van der Waals surface area contributed by atoms with Crippen molar-refractivity contribution in [2.45, 2.75) is 103 Å². The molecule has 1 amide bonds. The van der Waals surface area contributed by atoms with Crippen LogP contribution in [0, 0.1) is 11.3 Å². The zero-order chi connectivity index (χ0) is 29.5. The van der Waals surface area contributed by atoms with Gasteiger partial charge in [0.2, 0.25) is 5.91 Å². The summed E-state index contributed by atoms with van der Waals surface area (Å²) >= 11 is 0. The first-order valence-corrected chi connectivity index (χ1v) is 16.4. The van der Waals surface area contributed by atoms with E-state index in [0.717, 1.165) is 94.2 Å². The molecule has 3 heterocycles. The number of ketones is 2. The van der Waals surface area contributed by atoms with Gasteiger partial charge in [0, 0.05) is 30.7 Å². The van der Waals surface area contributed by atoms with E-state index in [4.69, 9.17) is 4.98 Å². The van der Waals surface area contributed by atoms with E-state index in [9.17, 15) is 14.4 Å². The van der Waals surface area contributed by atoms with Crippen molar-refractivity contribution in [1.82, 2.24) is 20.2 Å². The summed E-state index contributed by atoms with van der Waals surface area (Å²) in [6.45, 7) is 7.31. The molecule has 2 atom stereocenters. The van der Waals surface area contributed by atoms with Gasteiger partial charge in [-0.15, -0.1) is 0 Å². The average Bonchev–Trinajstić information content (AvgIpc) is 3.51. The van der Waals surface area contributed by atoms with Gasteiger partial charge in [0.25, 0.3) is 0 Å². The third-order valence-electron chi connectivity index (χ3n) is 9.80. The van der Waals surface area contributed by atoms with Crippen LogP contribution >= 0.6 is 0 Å². The fourth-order valence-electron chi connectivity index (χ4n) is 6.83. The summed E-state index contributed by atoms with van der Waals surface area (Å²) in [4.78, 5) is 50.0. The van der Waals surface area contributed by atoms with Gasteiger partial charge in [-0.1, -0.05) is 57.0 Å². The Hall–Kier alpha value is -3.06. The molecular weight excluding hydrogens is 524 g/mol. The fraction of sp³-hybridized carbons (Fsp3) is 0.600. The number of benzene rings is 1. The number of hydrogen-bond donors (Lipinski definition) is 2. The van der Waals surface area contributed by atoms with Gasteiger partial charge in [0.05, 0.1) is 11.7 Å². The van der Waals surface area contributed by atoms with Crippen LogP contribution < -0.4 is 5.32 Å². The number of amides is 1. The number of fused-ring (bicyclic) bond motifs is 5. The van der Waals surface area contributed by atoms with Crippen molar-refractivity contribution in [2.75, 3.05) is 19.6 Å². The van der Waals surface area contributed by atoms with Gasteiger partial charge in [0.1, 0.15) is 17.3 Å². The molecule has 5 rings (SSSR count). The lowest BCUT2D eigenvalue weighted by molar-refractivity contribution is -0.124. The number of aromatic nitrogens is 2. The highest BCUT2D eigenvalue weighted by atomic mass is 16.2. The molecule has 2 fully saturated rings. The lowest BCUT2D eigenvalue weighted by Crippen LogP contribution is -2.37. The number of nitrogens with zero attached hydrogens (tertiary/aromatic N) is 2. The molecule has 1 saturated carbocycles. The number of allylic oxidation sites excluding steroid dienone is 1. The topological polar surface area (TPSA) is 95.2 Å². The number of nitrogens with one attached hydrogen (secondary N) is 2. The van der Waals surface area contributed by atoms with E-state index in [1.165, 1.54) is 0 Å². The SMILES string of the molecule is CCC(=O)CCCCCC(NC(=O)[C@H]1CC12CCN(CC)CC2)c1[nH]c2nc1C(=O)CCCC/C=C/c1cccc-2c1. The quantitative estimate of drug-likeness (QED) is 0.281. The predicted octanol–water partition coefficient (Wildman–Crippen LogP) is 7.06. The monoisotopic (exact) mass is 572 g/mol. The summed E-state index contributed by atoms with van der Waals surface area (Å²) in [6, 6.07) is 7.90. The van der Waals surface area contributed by atoms with Crippen LogP contribution in [0.4, 0.5) is 0 Å². The molecule has 0 radical (unpaired) electrons. The van der Waals surface area contributed by atoms with Gasteiger partial charge in [-0.2, -0.15) is 0 Å². The lowest BCUT2D eigenvalue weighted by atomic mass is 9.90. The first-order valence-electron chi connectivity index (χ1n) is 16.4. The molecule has 1 unspecified atom stereocenters. The Kier molecular flexibility index (Phi) is 10.1. The maximum absolute atomic E-state index is 13.8. The van der Waals surface area contributed by atoms with Crippen molar-refractivity contribution in [2.24, 2.45) is 11.3 Å². The first-order chi connectivity index (χ1) is 20.4. The second-order valence-corrected chi connectivity index (χ2v) is 12.7. The number of carbonyl (C=O) groups excluding carboxylic acids is 3. The molecule has 2 aromatic rings. The summed E-state index contributed by atoms with van der Waals surface area (Å²) in [6.07, 6.45) is 15.1. The van der Waals surface area contributed by atoms with Crippen LogP contribution in [0.2, 0.25) is 0 Å². The highest BCUT2D eigenvalue weighted by Crippen LogP contribution is 2.59. The van der Waals surface area contributed by atoms with Crippen molar-refractivity contribution in [1.29, 1.82) is 0 Å². The number of carbonyl (C=O) groups is 3. The average molecular weight is 573 g/mol. The van der Waals surface area contributed by atoms with Crippen molar-refractivity contribution < 1.29 is 14.4 Å². The number of hydrogen-bond acceptors (Lipinski definition) is 5. The Morgan fingerprint density at radius 3 is 2.76 bits per heavy atom.